The van der Waals surface area contributed by atoms with Gasteiger partial charge in [-0.15, -0.1) is 0 Å². The van der Waals surface area contributed by atoms with E-state index in [0.29, 0.717) is 5.56 Å². The summed E-state index contributed by atoms with van der Waals surface area (Å²) in [6, 6.07) is 26.4. The normalized spacial score (nSPS) is 11.5. The molecule has 4 aromatic carbocycles. The Hall–Kier alpha value is -4.78. The Kier molecular flexibility index (Phi) is 7.51. The number of hydrogen-bond acceptors (Lipinski definition) is 4. The average Bonchev–Trinajstić information content (AvgIpc) is 2.88. The number of carbonyl (C=O) groups is 2. The zero-order chi connectivity index (χ0) is 25.5. The molecule has 180 valence electrons. The van der Waals surface area contributed by atoms with Crippen LogP contribution < -0.4 is 15.6 Å². The minimum absolute atomic E-state index is 0.0306. The molecule has 0 fully saturated rings. The van der Waals surface area contributed by atoms with Crippen molar-refractivity contribution in [3.63, 3.8) is 0 Å². The number of rotatable bonds is 7. The van der Waals surface area contributed by atoms with Gasteiger partial charge in [0.25, 0.3) is 11.8 Å². The number of benzene rings is 4. The third-order valence-electron chi connectivity index (χ3n) is 5.49. The fraction of sp³-hybridized carbons (Fsp3) is 0.0690. The third-order valence-corrected chi connectivity index (χ3v) is 5.49. The molecule has 0 saturated carbocycles. The molecule has 0 saturated heterocycles. The molecular formula is C29H25FN4O2. The molecule has 0 radical (unpaired) electrons. The molecule has 0 aliphatic heterocycles. The summed E-state index contributed by atoms with van der Waals surface area (Å²) in [6.45, 7) is 0. The Morgan fingerprint density at radius 3 is 2.36 bits per heavy atom. The Bertz CT molecular complexity index is 1450. The van der Waals surface area contributed by atoms with Gasteiger partial charge in [-0.2, -0.15) is 5.10 Å². The number of fused-ring (bicyclic) bond motifs is 1. The van der Waals surface area contributed by atoms with Crippen LogP contribution in [0.15, 0.2) is 102 Å². The molecule has 0 atom stereocenters. The number of anilines is 1. The summed E-state index contributed by atoms with van der Waals surface area (Å²) >= 11 is 0. The van der Waals surface area contributed by atoms with Crippen LogP contribution in [-0.2, 0) is 4.79 Å². The van der Waals surface area contributed by atoms with Crippen LogP contribution in [0.25, 0.3) is 16.8 Å². The van der Waals surface area contributed by atoms with Gasteiger partial charge in [-0.3, -0.25) is 9.59 Å². The highest BCUT2D eigenvalue weighted by Gasteiger charge is 2.15. The second-order valence-corrected chi connectivity index (χ2v) is 8.28. The van der Waals surface area contributed by atoms with Gasteiger partial charge < -0.3 is 10.2 Å². The van der Waals surface area contributed by atoms with Crippen molar-refractivity contribution >= 4 is 40.6 Å². The molecule has 2 N–H and O–H groups in total. The lowest BCUT2D eigenvalue weighted by Gasteiger charge is -2.13. The molecule has 36 heavy (non-hydrogen) atoms. The third kappa shape index (κ3) is 6.01. The van der Waals surface area contributed by atoms with Crippen LogP contribution in [0.5, 0.6) is 0 Å². The molecule has 0 heterocycles. The van der Waals surface area contributed by atoms with Crippen molar-refractivity contribution < 1.29 is 14.0 Å². The number of halogens is 1. The van der Waals surface area contributed by atoms with E-state index in [1.54, 1.807) is 12.3 Å². The minimum atomic E-state index is -0.618. The predicted molar refractivity (Wildman–Crippen MR) is 142 cm³/mol. The summed E-state index contributed by atoms with van der Waals surface area (Å²) in [4.78, 5) is 27.7. The molecule has 7 heteroatoms. The summed E-state index contributed by atoms with van der Waals surface area (Å²) in [5, 5.41) is 8.73. The van der Waals surface area contributed by atoms with Crippen LogP contribution in [0, 0.1) is 5.82 Å². The minimum Gasteiger partial charge on any atom is -0.378 e. The van der Waals surface area contributed by atoms with E-state index in [4.69, 9.17) is 0 Å². The topological polar surface area (TPSA) is 73.8 Å². The second kappa shape index (κ2) is 11.1. The lowest BCUT2D eigenvalue weighted by molar-refractivity contribution is -0.117. The summed E-state index contributed by atoms with van der Waals surface area (Å²) < 4.78 is 13.6. The maximum atomic E-state index is 13.6. The number of carbonyl (C=O) groups excluding carboxylic acids is 2. The Morgan fingerprint density at radius 1 is 0.889 bits per heavy atom. The Labute approximate surface area is 208 Å². The standard InChI is InChI=1S/C29H25FN4O2/c1-34(2)25-15-13-20(14-16-25)17-27(32-28(35)22-9-6-11-24(30)18-22)29(36)33-31-19-23-10-5-8-21-7-3-4-12-26(21)23/h3-19H,1-2H3,(H,32,35)(H,33,36)/b27-17-,31-19-. The van der Waals surface area contributed by atoms with Crippen molar-refractivity contribution in [3.05, 3.63) is 119 Å². The fourth-order valence-electron chi connectivity index (χ4n) is 3.60. The van der Waals surface area contributed by atoms with Crippen molar-refractivity contribution in [2.75, 3.05) is 19.0 Å². The molecule has 4 rings (SSSR count). The van der Waals surface area contributed by atoms with Gasteiger partial charge in [-0.1, -0.05) is 60.7 Å². The van der Waals surface area contributed by atoms with Gasteiger partial charge in [0.2, 0.25) is 0 Å². The van der Waals surface area contributed by atoms with Gasteiger partial charge in [0.15, 0.2) is 0 Å². The Morgan fingerprint density at radius 2 is 1.61 bits per heavy atom. The molecule has 2 amide bonds. The molecule has 0 bridgehead atoms. The maximum Gasteiger partial charge on any atom is 0.287 e. The van der Waals surface area contributed by atoms with Gasteiger partial charge in [-0.05, 0) is 52.7 Å². The molecule has 4 aromatic rings. The zero-order valence-corrected chi connectivity index (χ0v) is 19.9. The second-order valence-electron chi connectivity index (χ2n) is 8.28. The van der Waals surface area contributed by atoms with E-state index in [1.807, 2.05) is 85.7 Å². The SMILES string of the molecule is CN(C)c1ccc(/C=C(\NC(=O)c2cccc(F)c2)C(=O)N/N=C\c2cccc3ccccc23)cc1. The van der Waals surface area contributed by atoms with Crippen LogP contribution in [0.2, 0.25) is 0 Å². The van der Waals surface area contributed by atoms with Crippen molar-refractivity contribution in [1.82, 2.24) is 10.7 Å². The first-order valence-electron chi connectivity index (χ1n) is 11.3. The lowest BCUT2D eigenvalue weighted by atomic mass is 10.1. The quantitative estimate of drug-likeness (QED) is 0.223. The first-order valence-corrected chi connectivity index (χ1v) is 11.3. The maximum absolute atomic E-state index is 13.6. The summed E-state index contributed by atoms with van der Waals surface area (Å²) in [6.07, 6.45) is 3.09. The predicted octanol–water partition coefficient (Wildman–Crippen LogP) is 4.97. The largest absolute Gasteiger partial charge is 0.378 e. The number of hydrazone groups is 1. The fourth-order valence-corrected chi connectivity index (χ4v) is 3.60. The number of amides is 2. The van der Waals surface area contributed by atoms with Crippen LogP contribution in [-0.4, -0.2) is 32.1 Å². The van der Waals surface area contributed by atoms with Crippen LogP contribution in [0.4, 0.5) is 10.1 Å². The summed E-state index contributed by atoms with van der Waals surface area (Å²) in [5.41, 5.74) is 5.06. The van der Waals surface area contributed by atoms with Crippen molar-refractivity contribution in [2.45, 2.75) is 0 Å². The lowest BCUT2D eigenvalue weighted by Crippen LogP contribution is -2.32. The highest BCUT2D eigenvalue weighted by atomic mass is 19.1. The number of nitrogens with one attached hydrogen (secondary N) is 2. The average molecular weight is 481 g/mol. The van der Waals surface area contributed by atoms with Gasteiger partial charge in [0, 0.05) is 30.9 Å². The summed E-state index contributed by atoms with van der Waals surface area (Å²) in [7, 11) is 3.85. The molecule has 0 aliphatic rings. The zero-order valence-electron chi connectivity index (χ0n) is 19.9. The summed E-state index contributed by atoms with van der Waals surface area (Å²) in [5.74, 6) is -1.77. The Balaban J connectivity index is 1.58. The first-order chi connectivity index (χ1) is 17.4. The van der Waals surface area contributed by atoms with E-state index >= 15 is 0 Å². The molecule has 6 nitrogen and oxygen atoms in total. The van der Waals surface area contributed by atoms with E-state index < -0.39 is 17.6 Å². The van der Waals surface area contributed by atoms with E-state index in [1.165, 1.54) is 18.2 Å². The van der Waals surface area contributed by atoms with Crippen LogP contribution in [0.1, 0.15) is 21.5 Å². The van der Waals surface area contributed by atoms with Gasteiger partial charge in [-0.25, -0.2) is 9.82 Å². The monoisotopic (exact) mass is 480 g/mol. The van der Waals surface area contributed by atoms with Crippen molar-refractivity contribution in [3.8, 4) is 0 Å². The van der Waals surface area contributed by atoms with E-state index in [-0.39, 0.29) is 11.3 Å². The first kappa shape index (κ1) is 24.3. The molecular weight excluding hydrogens is 455 g/mol. The molecule has 0 unspecified atom stereocenters. The van der Waals surface area contributed by atoms with Gasteiger partial charge in [0.1, 0.15) is 11.5 Å². The van der Waals surface area contributed by atoms with Crippen molar-refractivity contribution in [2.24, 2.45) is 5.10 Å². The van der Waals surface area contributed by atoms with E-state index in [9.17, 15) is 14.0 Å². The molecule has 0 spiro atoms. The number of hydrogen-bond donors (Lipinski definition) is 2. The van der Waals surface area contributed by atoms with Crippen LogP contribution >= 0.6 is 0 Å². The van der Waals surface area contributed by atoms with E-state index in [0.717, 1.165) is 28.1 Å². The smallest absolute Gasteiger partial charge is 0.287 e. The number of nitrogens with zero attached hydrogens (tertiary/aromatic N) is 2. The molecule has 0 aliphatic carbocycles. The van der Waals surface area contributed by atoms with Crippen LogP contribution in [0.3, 0.4) is 0 Å². The van der Waals surface area contributed by atoms with E-state index in [2.05, 4.69) is 15.8 Å². The van der Waals surface area contributed by atoms with Gasteiger partial charge >= 0.3 is 0 Å². The van der Waals surface area contributed by atoms with Gasteiger partial charge in [0.05, 0.1) is 6.21 Å². The van der Waals surface area contributed by atoms with Crippen molar-refractivity contribution in [1.29, 1.82) is 0 Å². The highest BCUT2D eigenvalue weighted by Crippen LogP contribution is 2.17. The highest BCUT2D eigenvalue weighted by molar-refractivity contribution is 6.06. The molecule has 0 aromatic heterocycles.